The number of benzene rings is 1. The molecule has 5 heteroatoms. The Balaban J connectivity index is 2.95. The number of hydrogen-bond donors (Lipinski definition) is 1. The fourth-order valence-electron chi connectivity index (χ4n) is 0.783. The molecule has 0 atom stereocenters. The predicted molar refractivity (Wildman–Crippen MR) is 49.7 cm³/mol. The van der Waals surface area contributed by atoms with E-state index in [-0.39, 0.29) is 0 Å². The highest BCUT2D eigenvalue weighted by Gasteiger charge is 2.02. The Bertz CT molecular complexity index is 351. The Hall–Kier alpha value is -1.36. The van der Waals surface area contributed by atoms with Crippen LogP contribution in [0.4, 0.5) is 4.79 Å². The molecule has 0 saturated carbocycles. The van der Waals surface area contributed by atoms with Crippen molar-refractivity contribution >= 4 is 28.3 Å². The highest BCUT2D eigenvalue weighted by molar-refractivity contribution is 9.10. The topological polar surface area (TPSA) is 69.4 Å². The van der Waals surface area contributed by atoms with Crippen molar-refractivity contribution in [1.29, 1.82) is 0 Å². The summed E-state index contributed by atoms with van der Waals surface area (Å²) in [6, 6.07) is 4.50. The van der Waals surface area contributed by atoms with Gasteiger partial charge in [0.15, 0.2) is 6.29 Å². The van der Waals surface area contributed by atoms with Gasteiger partial charge in [0.25, 0.3) is 0 Å². The first-order chi connectivity index (χ1) is 6.13. The lowest BCUT2D eigenvalue weighted by molar-refractivity contribution is 0.112. The van der Waals surface area contributed by atoms with Gasteiger partial charge >= 0.3 is 6.09 Å². The van der Waals surface area contributed by atoms with Gasteiger partial charge in [0.05, 0.1) is 0 Å². The summed E-state index contributed by atoms with van der Waals surface area (Å²) in [5, 5.41) is 0. The van der Waals surface area contributed by atoms with Crippen LogP contribution in [0.5, 0.6) is 5.75 Å². The summed E-state index contributed by atoms with van der Waals surface area (Å²) in [7, 11) is 0. The van der Waals surface area contributed by atoms with E-state index in [0.717, 1.165) is 0 Å². The number of halogens is 1. The number of carbonyl (C=O) groups is 2. The fraction of sp³-hybridized carbons (Fsp3) is 0. The monoisotopic (exact) mass is 243 g/mol. The quantitative estimate of drug-likeness (QED) is 0.805. The molecule has 0 saturated heterocycles. The molecule has 13 heavy (non-hydrogen) atoms. The van der Waals surface area contributed by atoms with Crippen LogP contribution < -0.4 is 10.5 Å². The molecule has 0 spiro atoms. The number of hydrogen-bond acceptors (Lipinski definition) is 3. The molecule has 0 aromatic heterocycles. The van der Waals surface area contributed by atoms with Crippen molar-refractivity contribution in [3.05, 3.63) is 28.2 Å². The first-order valence-electron chi connectivity index (χ1n) is 3.35. The molecule has 0 bridgehead atoms. The van der Waals surface area contributed by atoms with Crippen LogP contribution >= 0.6 is 15.9 Å². The summed E-state index contributed by atoms with van der Waals surface area (Å²) in [6.07, 6.45) is -0.191. The minimum atomic E-state index is -0.884. The maximum atomic E-state index is 10.4. The lowest BCUT2D eigenvalue weighted by atomic mass is 10.2. The number of primary amides is 1. The second-order valence-corrected chi connectivity index (χ2v) is 3.08. The molecule has 1 rings (SSSR count). The average Bonchev–Trinajstić information content (AvgIpc) is 2.03. The van der Waals surface area contributed by atoms with Gasteiger partial charge in [0.1, 0.15) is 5.75 Å². The molecule has 0 unspecified atom stereocenters. The number of aldehydes is 1. The van der Waals surface area contributed by atoms with Gasteiger partial charge in [-0.3, -0.25) is 4.79 Å². The van der Waals surface area contributed by atoms with Gasteiger partial charge in [-0.1, -0.05) is 0 Å². The Morgan fingerprint density at radius 1 is 1.54 bits per heavy atom. The number of nitrogens with two attached hydrogens (primary N) is 1. The molecule has 0 aliphatic heterocycles. The molecule has 1 amide bonds. The van der Waals surface area contributed by atoms with E-state index < -0.39 is 6.09 Å². The molecule has 0 fully saturated rings. The molecule has 1 aromatic rings. The van der Waals surface area contributed by atoms with Gasteiger partial charge < -0.3 is 10.5 Å². The van der Waals surface area contributed by atoms with Crippen LogP contribution in [-0.4, -0.2) is 12.4 Å². The summed E-state index contributed by atoms with van der Waals surface area (Å²) in [5.41, 5.74) is 5.28. The van der Waals surface area contributed by atoms with Crippen molar-refractivity contribution in [2.75, 3.05) is 0 Å². The van der Waals surface area contributed by atoms with Crippen LogP contribution in [0.3, 0.4) is 0 Å². The predicted octanol–water partition coefficient (Wildman–Crippen LogP) is 1.72. The standard InChI is InChI=1S/C8H6BrNO3/c9-7-3-6(13-8(10)12)2-1-5(7)4-11/h1-4H,(H2,10,12). The number of rotatable bonds is 2. The van der Waals surface area contributed by atoms with E-state index in [0.29, 0.717) is 22.1 Å². The number of ether oxygens (including phenoxy) is 1. The van der Waals surface area contributed by atoms with Crippen LogP contribution in [0.2, 0.25) is 0 Å². The minimum Gasteiger partial charge on any atom is -0.410 e. The zero-order chi connectivity index (χ0) is 9.84. The van der Waals surface area contributed by atoms with E-state index in [1.165, 1.54) is 18.2 Å². The van der Waals surface area contributed by atoms with Crippen molar-refractivity contribution in [3.8, 4) is 5.75 Å². The second kappa shape index (κ2) is 4.04. The summed E-state index contributed by atoms with van der Waals surface area (Å²) in [4.78, 5) is 20.7. The van der Waals surface area contributed by atoms with Crippen molar-refractivity contribution in [3.63, 3.8) is 0 Å². The van der Waals surface area contributed by atoms with Crippen LogP contribution in [0.25, 0.3) is 0 Å². The molecule has 0 radical (unpaired) electrons. The lowest BCUT2D eigenvalue weighted by Gasteiger charge is -2.01. The van der Waals surface area contributed by atoms with Gasteiger partial charge in [0.2, 0.25) is 0 Å². The zero-order valence-electron chi connectivity index (χ0n) is 6.49. The first kappa shape index (κ1) is 9.73. The smallest absolute Gasteiger partial charge is 0.409 e. The van der Waals surface area contributed by atoms with Crippen molar-refractivity contribution in [2.24, 2.45) is 5.73 Å². The van der Waals surface area contributed by atoms with E-state index in [1.807, 2.05) is 0 Å². The van der Waals surface area contributed by atoms with Crippen LogP contribution in [-0.2, 0) is 0 Å². The van der Waals surface area contributed by atoms with Crippen molar-refractivity contribution in [1.82, 2.24) is 0 Å². The minimum absolute atomic E-state index is 0.296. The van der Waals surface area contributed by atoms with Gasteiger partial charge in [-0.15, -0.1) is 0 Å². The lowest BCUT2D eigenvalue weighted by Crippen LogP contribution is -2.16. The average molecular weight is 244 g/mol. The summed E-state index contributed by atoms with van der Waals surface area (Å²) < 4.78 is 5.14. The normalized spacial score (nSPS) is 9.31. The largest absolute Gasteiger partial charge is 0.410 e. The van der Waals surface area contributed by atoms with Crippen molar-refractivity contribution in [2.45, 2.75) is 0 Å². The Labute approximate surface area is 82.8 Å². The van der Waals surface area contributed by atoms with E-state index in [1.54, 1.807) is 0 Å². The van der Waals surface area contributed by atoms with Crippen LogP contribution in [0.1, 0.15) is 10.4 Å². The highest BCUT2D eigenvalue weighted by Crippen LogP contribution is 2.21. The maximum absolute atomic E-state index is 10.4. The molecule has 2 N–H and O–H groups in total. The molecule has 1 aromatic carbocycles. The molecule has 68 valence electrons. The third-order valence-corrected chi connectivity index (χ3v) is 2.00. The second-order valence-electron chi connectivity index (χ2n) is 2.22. The zero-order valence-corrected chi connectivity index (χ0v) is 8.08. The molecular weight excluding hydrogens is 238 g/mol. The summed E-state index contributed by atoms with van der Waals surface area (Å²) in [6.45, 7) is 0. The first-order valence-corrected chi connectivity index (χ1v) is 4.15. The van der Waals surface area contributed by atoms with E-state index >= 15 is 0 Å². The number of carbonyl (C=O) groups excluding carboxylic acids is 2. The molecule has 0 aliphatic rings. The van der Waals surface area contributed by atoms with Crippen LogP contribution in [0.15, 0.2) is 22.7 Å². The highest BCUT2D eigenvalue weighted by atomic mass is 79.9. The molecular formula is C8H6BrNO3. The third kappa shape index (κ3) is 2.55. The van der Waals surface area contributed by atoms with Gasteiger partial charge in [0, 0.05) is 10.0 Å². The molecule has 0 heterocycles. The van der Waals surface area contributed by atoms with Gasteiger partial charge in [-0.2, -0.15) is 0 Å². The van der Waals surface area contributed by atoms with Crippen molar-refractivity contribution < 1.29 is 14.3 Å². The molecule has 0 aliphatic carbocycles. The fourth-order valence-corrected chi connectivity index (χ4v) is 1.23. The number of amides is 1. The van der Waals surface area contributed by atoms with E-state index in [4.69, 9.17) is 5.73 Å². The Morgan fingerprint density at radius 3 is 2.69 bits per heavy atom. The SMILES string of the molecule is NC(=O)Oc1ccc(C=O)c(Br)c1. The summed E-state index contributed by atoms with van der Waals surface area (Å²) in [5.74, 6) is 0.296. The Morgan fingerprint density at radius 2 is 2.23 bits per heavy atom. The summed E-state index contributed by atoms with van der Waals surface area (Å²) >= 11 is 3.13. The van der Waals surface area contributed by atoms with Crippen LogP contribution in [0, 0.1) is 0 Å². The van der Waals surface area contributed by atoms with E-state index in [9.17, 15) is 9.59 Å². The maximum Gasteiger partial charge on any atom is 0.409 e. The molecule has 4 nitrogen and oxygen atoms in total. The Kier molecular flexibility index (Phi) is 3.02. The van der Waals surface area contributed by atoms with Gasteiger partial charge in [-0.25, -0.2) is 4.79 Å². The van der Waals surface area contributed by atoms with E-state index in [2.05, 4.69) is 20.7 Å². The third-order valence-electron chi connectivity index (χ3n) is 1.32. The van der Waals surface area contributed by atoms with Gasteiger partial charge in [-0.05, 0) is 34.1 Å².